The Balaban J connectivity index is 4.06. The van der Waals surface area contributed by atoms with Gasteiger partial charge < -0.3 is 10.4 Å². The second-order valence-corrected chi connectivity index (χ2v) is 5.37. The first-order valence-electron chi connectivity index (χ1n) is 5.72. The molecule has 2 unspecified atom stereocenters. The van der Waals surface area contributed by atoms with Gasteiger partial charge in [0.15, 0.2) is 0 Å². The summed E-state index contributed by atoms with van der Waals surface area (Å²) in [6, 6.07) is 0.536. The summed E-state index contributed by atoms with van der Waals surface area (Å²) in [4.78, 5) is 0. The molecule has 2 heteroatoms. The highest BCUT2D eigenvalue weighted by molar-refractivity contribution is 4.82. The Morgan fingerprint density at radius 2 is 1.71 bits per heavy atom. The minimum absolute atomic E-state index is 0.0441. The van der Waals surface area contributed by atoms with Gasteiger partial charge in [-0.25, -0.2) is 0 Å². The molecule has 14 heavy (non-hydrogen) atoms. The molecule has 86 valence electrons. The average molecular weight is 201 g/mol. The molecule has 0 saturated carbocycles. The first kappa shape index (κ1) is 13.9. The highest BCUT2D eigenvalue weighted by Gasteiger charge is 2.29. The number of aliphatic hydroxyl groups is 1. The first-order chi connectivity index (χ1) is 6.31. The molecule has 2 atom stereocenters. The minimum Gasteiger partial charge on any atom is -0.392 e. The van der Waals surface area contributed by atoms with Gasteiger partial charge in [0.25, 0.3) is 0 Å². The van der Waals surface area contributed by atoms with E-state index in [0.717, 1.165) is 13.0 Å². The molecule has 2 nitrogen and oxygen atoms in total. The van der Waals surface area contributed by atoms with Gasteiger partial charge in [0, 0.05) is 18.0 Å². The Labute approximate surface area is 89.1 Å². The van der Waals surface area contributed by atoms with Crippen molar-refractivity contribution >= 4 is 0 Å². The van der Waals surface area contributed by atoms with Crippen molar-refractivity contribution in [2.24, 2.45) is 11.3 Å². The fraction of sp³-hybridized carbons (Fsp3) is 1.00. The molecule has 0 aliphatic carbocycles. The van der Waals surface area contributed by atoms with Crippen molar-refractivity contribution in [3.63, 3.8) is 0 Å². The molecule has 0 aromatic heterocycles. The van der Waals surface area contributed by atoms with Gasteiger partial charge in [-0.2, -0.15) is 0 Å². The summed E-state index contributed by atoms with van der Waals surface area (Å²) in [7, 11) is 0. The zero-order valence-electron chi connectivity index (χ0n) is 10.6. The predicted molar refractivity (Wildman–Crippen MR) is 62.4 cm³/mol. The molecule has 0 aromatic rings. The predicted octanol–water partition coefficient (Wildman–Crippen LogP) is 2.42. The largest absolute Gasteiger partial charge is 0.392 e. The topological polar surface area (TPSA) is 32.3 Å². The third kappa shape index (κ3) is 4.43. The van der Waals surface area contributed by atoms with Gasteiger partial charge in [-0.15, -0.1) is 0 Å². The molecule has 0 aromatic carbocycles. The number of nitrogens with one attached hydrogen (secondary N) is 1. The molecule has 0 radical (unpaired) electrons. The minimum atomic E-state index is -0.237. The van der Waals surface area contributed by atoms with Crippen LogP contribution >= 0.6 is 0 Å². The van der Waals surface area contributed by atoms with Gasteiger partial charge >= 0.3 is 0 Å². The average Bonchev–Trinajstić information content (AvgIpc) is 2.12. The lowest BCUT2D eigenvalue weighted by molar-refractivity contribution is 0.0123. The van der Waals surface area contributed by atoms with Crippen LogP contribution in [0.3, 0.4) is 0 Å². The van der Waals surface area contributed by atoms with E-state index in [1.54, 1.807) is 0 Å². The molecule has 0 saturated heterocycles. The summed E-state index contributed by atoms with van der Waals surface area (Å²) in [6.07, 6.45) is 0.896. The van der Waals surface area contributed by atoms with E-state index in [0.29, 0.717) is 12.0 Å². The van der Waals surface area contributed by atoms with Crippen LogP contribution in [0.5, 0.6) is 0 Å². The maximum absolute atomic E-state index is 10.00. The van der Waals surface area contributed by atoms with Crippen molar-refractivity contribution < 1.29 is 5.11 Å². The Morgan fingerprint density at radius 1 is 1.21 bits per heavy atom. The van der Waals surface area contributed by atoms with E-state index in [-0.39, 0.29) is 11.5 Å². The zero-order valence-corrected chi connectivity index (χ0v) is 10.6. The molecule has 0 amide bonds. The fourth-order valence-electron chi connectivity index (χ4n) is 1.59. The van der Waals surface area contributed by atoms with Crippen LogP contribution in [0.2, 0.25) is 0 Å². The lowest BCUT2D eigenvalue weighted by Gasteiger charge is -2.34. The van der Waals surface area contributed by atoms with E-state index in [2.05, 4.69) is 46.9 Å². The van der Waals surface area contributed by atoms with Gasteiger partial charge in [0.2, 0.25) is 0 Å². The van der Waals surface area contributed by atoms with Crippen molar-refractivity contribution in [3.05, 3.63) is 0 Å². The molecule has 0 bridgehead atoms. The van der Waals surface area contributed by atoms with E-state index >= 15 is 0 Å². The maximum Gasteiger partial charge on any atom is 0.0626 e. The third-order valence-electron chi connectivity index (χ3n) is 2.95. The second kappa shape index (κ2) is 5.72. The molecule has 0 heterocycles. The SMILES string of the molecule is CCC(C)NCC(C)(C)C(O)C(C)C. The Morgan fingerprint density at radius 3 is 2.07 bits per heavy atom. The highest BCUT2D eigenvalue weighted by Crippen LogP contribution is 2.25. The summed E-state index contributed by atoms with van der Waals surface area (Å²) < 4.78 is 0. The first-order valence-corrected chi connectivity index (χ1v) is 5.72. The van der Waals surface area contributed by atoms with Gasteiger partial charge in [0.1, 0.15) is 0 Å². The normalized spacial score (nSPS) is 17.1. The molecule has 0 rings (SSSR count). The van der Waals surface area contributed by atoms with E-state index in [9.17, 15) is 5.11 Å². The van der Waals surface area contributed by atoms with Gasteiger partial charge in [0.05, 0.1) is 6.10 Å². The third-order valence-corrected chi connectivity index (χ3v) is 2.95. The monoisotopic (exact) mass is 201 g/mol. The van der Waals surface area contributed by atoms with E-state index in [1.165, 1.54) is 0 Å². The molecular formula is C12H27NO. The fourth-order valence-corrected chi connectivity index (χ4v) is 1.59. The van der Waals surface area contributed by atoms with E-state index in [1.807, 2.05) is 0 Å². The van der Waals surface area contributed by atoms with Crippen LogP contribution in [0.15, 0.2) is 0 Å². The summed E-state index contributed by atoms with van der Waals surface area (Å²) in [6.45, 7) is 13.6. The summed E-state index contributed by atoms with van der Waals surface area (Å²) in [5.74, 6) is 0.323. The molecule has 0 aliphatic rings. The van der Waals surface area contributed by atoms with Gasteiger partial charge in [-0.1, -0.05) is 34.6 Å². The Bertz CT molecular complexity index is 154. The van der Waals surface area contributed by atoms with Crippen LogP contribution in [0.4, 0.5) is 0 Å². The molecule has 2 N–H and O–H groups in total. The molecule has 0 fully saturated rings. The lowest BCUT2D eigenvalue weighted by Crippen LogP contribution is -2.44. The maximum atomic E-state index is 10.00. The van der Waals surface area contributed by atoms with Gasteiger partial charge in [-0.3, -0.25) is 0 Å². The van der Waals surface area contributed by atoms with Crippen LogP contribution in [0.25, 0.3) is 0 Å². The Hall–Kier alpha value is -0.0800. The van der Waals surface area contributed by atoms with Crippen LogP contribution < -0.4 is 5.32 Å². The Kier molecular flexibility index (Phi) is 5.68. The number of aliphatic hydroxyl groups excluding tert-OH is 1. The van der Waals surface area contributed by atoms with Crippen molar-refractivity contribution in [2.75, 3.05) is 6.54 Å². The van der Waals surface area contributed by atoms with E-state index in [4.69, 9.17) is 0 Å². The van der Waals surface area contributed by atoms with Crippen LogP contribution in [0.1, 0.15) is 48.0 Å². The van der Waals surface area contributed by atoms with Crippen LogP contribution in [-0.4, -0.2) is 23.8 Å². The number of hydrogen-bond acceptors (Lipinski definition) is 2. The van der Waals surface area contributed by atoms with Crippen molar-refractivity contribution in [3.8, 4) is 0 Å². The standard InChI is InChI=1S/C12H27NO/c1-7-10(4)13-8-12(5,6)11(14)9(2)3/h9-11,13-14H,7-8H2,1-6H3. The number of rotatable bonds is 6. The quantitative estimate of drug-likeness (QED) is 0.691. The van der Waals surface area contributed by atoms with E-state index < -0.39 is 0 Å². The molecular weight excluding hydrogens is 174 g/mol. The zero-order chi connectivity index (χ0) is 11.4. The molecule has 0 aliphatic heterocycles. The highest BCUT2D eigenvalue weighted by atomic mass is 16.3. The van der Waals surface area contributed by atoms with Crippen LogP contribution in [0, 0.1) is 11.3 Å². The second-order valence-electron chi connectivity index (χ2n) is 5.37. The summed E-state index contributed by atoms with van der Waals surface area (Å²) >= 11 is 0. The van der Waals surface area contributed by atoms with Gasteiger partial charge in [-0.05, 0) is 19.3 Å². The summed E-state index contributed by atoms with van der Waals surface area (Å²) in [5.41, 5.74) is -0.0441. The van der Waals surface area contributed by atoms with Crippen molar-refractivity contribution in [1.29, 1.82) is 0 Å². The lowest BCUT2D eigenvalue weighted by atomic mass is 9.80. The van der Waals surface area contributed by atoms with Crippen molar-refractivity contribution in [1.82, 2.24) is 5.32 Å². The smallest absolute Gasteiger partial charge is 0.0626 e. The number of hydrogen-bond donors (Lipinski definition) is 2. The molecule has 0 spiro atoms. The van der Waals surface area contributed by atoms with Crippen LogP contribution in [-0.2, 0) is 0 Å². The summed E-state index contributed by atoms with van der Waals surface area (Å²) in [5, 5.41) is 13.4. The van der Waals surface area contributed by atoms with Crippen molar-refractivity contribution in [2.45, 2.75) is 60.1 Å².